The van der Waals surface area contributed by atoms with Gasteiger partial charge in [-0.2, -0.15) is 0 Å². The SMILES string of the molecule is CCCCC[C@@H](O)/C=C\CCCCC[C@H](CCc1ccccc1)CC(=O)O. The molecule has 0 aliphatic carbocycles. The largest absolute Gasteiger partial charge is 0.481 e. The first-order valence-electron chi connectivity index (χ1n) is 10.7. The molecule has 0 aliphatic heterocycles. The number of aliphatic hydroxyl groups is 1. The van der Waals surface area contributed by atoms with Crippen molar-refractivity contribution in [3.63, 3.8) is 0 Å². The summed E-state index contributed by atoms with van der Waals surface area (Å²) in [4.78, 5) is 11.1. The molecule has 3 nitrogen and oxygen atoms in total. The second-order valence-electron chi connectivity index (χ2n) is 7.62. The molecule has 1 aromatic rings. The molecular weight excluding hydrogens is 336 g/mol. The Bertz CT molecular complexity index is 510. The summed E-state index contributed by atoms with van der Waals surface area (Å²) in [7, 11) is 0. The van der Waals surface area contributed by atoms with Crippen molar-refractivity contribution in [2.24, 2.45) is 5.92 Å². The number of rotatable bonds is 16. The molecule has 152 valence electrons. The van der Waals surface area contributed by atoms with Crippen LogP contribution in [0.2, 0.25) is 0 Å². The number of aliphatic carboxylic acids is 1. The van der Waals surface area contributed by atoms with Crippen molar-refractivity contribution in [2.75, 3.05) is 0 Å². The maximum Gasteiger partial charge on any atom is 0.303 e. The zero-order chi connectivity index (χ0) is 19.7. The van der Waals surface area contributed by atoms with Crippen LogP contribution in [0.4, 0.5) is 0 Å². The van der Waals surface area contributed by atoms with Gasteiger partial charge in [-0.3, -0.25) is 4.79 Å². The molecule has 27 heavy (non-hydrogen) atoms. The lowest BCUT2D eigenvalue weighted by Crippen LogP contribution is -2.09. The maximum absolute atomic E-state index is 11.1. The summed E-state index contributed by atoms with van der Waals surface area (Å²) < 4.78 is 0. The van der Waals surface area contributed by atoms with E-state index in [9.17, 15) is 9.90 Å². The Kier molecular flexibility index (Phi) is 13.4. The number of benzene rings is 1. The Labute approximate surface area is 165 Å². The number of unbranched alkanes of at least 4 members (excludes halogenated alkanes) is 5. The van der Waals surface area contributed by atoms with E-state index in [4.69, 9.17) is 5.11 Å². The van der Waals surface area contributed by atoms with Gasteiger partial charge in [-0.15, -0.1) is 0 Å². The predicted molar refractivity (Wildman–Crippen MR) is 113 cm³/mol. The first-order valence-corrected chi connectivity index (χ1v) is 10.7. The Hall–Kier alpha value is -1.61. The Morgan fingerprint density at radius 1 is 1.00 bits per heavy atom. The van der Waals surface area contributed by atoms with E-state index >= 15 is 0 Å². The molecule has 0 radical (unpaired) electrons. The van der Waals surface area contributed by atoms with Gasteiger partial charge in [0.15, 0.2) is 0 Å². The van der Waals surface area contributed by atoms with Gasteiger partial charge >= 0.3 is 5.97 Å². The van der Waals surface area contributed by atoms with E-state index in [1.807, 2.05) is 24.3 Å². The molecule has 3 heteroatoms. The summed E-state index contributed by atoms with van der Waals surface area (Å²) in [5, 5.41) is 19.0. The van der Waals surface area contributed by atoms with Crippen LogP contribution in [0, 0.1) is 5.92 Å². The van der Waals surface area contributed by atoms with Crippen LogP contribution in [0.5, 0.6) is 0 Å². The number of carboxylic acid groups (broad SMARTS) is 1. The Balaban J connectivity index is 2.16. The van der Waals surface area contributed by atoms with Gasteiger partial charge in [0.1, 0.15) is 0 Å². The van der Waals surface area contributed by atoms with Gasteiger partial charge in [-0.1, -0.05) is 81.5 Å². The summed E-state index contributed by atoms with van der Waals surface area (Å²) in [5.41, 5.74) is 1.29. The third-order valence-electron chi connectivity index (χ3n) is 5.09. The molecular formula is C24H38O3. The zero-order valence-electron chi connectivity index (χ0n) is 17.0. The lowest BCUT2D eigenvalue weighted by molar-refractivity contribution is -0.138. The molecule has 0 fully saturated rings. The first-order chi connectivity index (χ1) is 13.1. The maximum atomic E-state index is 11.1. The molecule has 0 aliphatic rings. The van der Waals surface area contributed by atoms with Crippen LogP contribution in [-0.2, 0) is 11.2 Å². The second kappa shape index (κ2) is 15.4. The highest BCUT2D eigenvalue weighted by Gasteiger charge is 2.13. The van der Waals surface area contributed by atoms with Crippen LogP contribution in [0.3, 0.4) is 0 Å². The molecule has 2 atom stereocenters. The minimum absolute atomic E-state index is 0.263. The lowest BCUT2D eigenvalue weighted by atomic mass is 9.91. The molecule has 0 aromatic heterocycles. The van der Waals surface area contributed by atoms with Crippen molar-refractivity contribution in [3.8, 4) is 0 Å². The second-order valence-corrected chi connectivity index (χ2v) is 7.62. The number of carboxylic acids is 1. The highest BCUT2D eigenvalue weighted by Crippen LogP contribution is 2.21. The number of aryl methyl sites for hydroxylation is 1. The van der Waals surface area contributed by atoms with Crippen LogP contribution in [0.25, 0.3) is 0 Å². The summed E-state index contributed by atoms with van der Waals surface area (Å²) in [5.74, 6) is -0.424. The third kappa shape index (κ3) is 13.2. The Morgan fingerprint density at radius 3 is 2.44 bits per heavy atom. The molecule has 0 saturated carbocycles. The number of hydrogen-bond acceptors (Lipinski definition) is 2. The average molecular weight is 375 g/mol. The van der Waals surface area contributed by atoms with E-state index in [1.165, 1.54) is 18.4 Å². The van der Waals surface area contributed by atoms with Crippen molar-refractivity contribution < 1.29 is 15.0 Å². The molecule has 0 saturated heterocycles. The van der Waals surface area contributed by atoms with Gasteiger partial charge in [0.25, 0.3) is 0 Å². The fraction of sp³-hybridized carbons (Fsp3) is 0.625. The van der Waals surface area contributed by atoms with E-state index in [0.29, 0.717) is 0 Å². The standard InChI is InChI=1S/C24H38O3/c1-2-3-8-16-23(25)17-12-6-4-5-9-15-22(20-24(26)27)19-18-21-13-10-7-11-14-21/h7,10-14,17,22-23,25H,2-6,8-9,15-16,18-20H2,1H3,(H,26,27)/b17-12-/t22-,23-/m1/s1. The highest BCUT2D eigenvalue weighted by atomic mass is 16.4. The van der Waals surface area contributed by atoms with Crippen LogP contribution in [-0.4, -0.2) is 22.3 Å². The van der Waals surface area contributed by atoms with Crippen LogP contribution in [0.1, 0.15) is 83.1 Å². The van der Waals surface area contributed by atoms with Crippen molar-refractivity contribution >= 4 is 5.97 Å². The van der Waals surface area contributed by atoms with E-state index in [0.717, 1.165) is 57.8 Å². The van der Waals surface area contributed by atoms with E-state index in [2.05, 4.69) is 25.1 Å². The van der Waals surface area contributed by atoms with Gasteiger partial charge < -0.3 is 10.2 Å². The molecule has 0 unspecified atom stereocenters. The fourth-order valence-electron chi connectivity index (χ4n) is 3.44. The lowest BCUT2D eigenvalue weighted by Gasteiger charge is -2.14. The van der Waals surface area contributed by atoms with Gasteiger partial charge in [0.2, 0.25) is 0 Å². The van der Waals surface area contributed by atoms with Gasteiger partial charge in [-0.05, 0) is 50.0 Å². The minimum atomic E-state index is -0.687. The molecule has 0 heterocycles. The topological polar surface area (TPSA) is 57.5 Å². The molecule has 1 rings (SSSR count). The van der Waals surface area contributed by atoms with Crippen molar-refractivity contribution in [3.05, 3.63) is 48.0 Å². The van der Waals surface area contributed by atoms with Gasteiger partial charge in [0.05, 0.1) is 6.10 Å². The van der Waals surface area contributed by atoms with Crippen molar-refractivity contribution in [1.82, 2.24) is 0 Å². The van der Waals surface area contributed by atoms with Gasteiger partial charge in [0, 0.05) is 6.42 Å². The number of hydrogen-bond donors (Lipinski definition) is 2. The van der Waals surface area contributed by atoms with E-state index in [-0.39, 0.29) is 18.4 Å². The molecule has 0 bridgehead atoms. The van der Waals surface area contributed by atoms with E-state index in [1.54, 1.807) is 0 Å². The van der Waals surface area contributed by atoms with Gasteiger partial charge in [-0.25, -0.2) is 0 Å². The minimum Gasteiger partial charge on any atom is -0.481 e. The fourth-order valence-corrected chi connectivity index (χ4v) is 3.44. The average Bonchev–Trinajstić information content (AvgIpc) is 2.65. The molecule has 0 amide bonds. The van der Waals surface area contributed by atoms with Crippen LogP contribution in [0.15, 0.2) is 42.5 Å². The van der Waals surface area contributed by atoms with Crippen LogP contribution >= 0.6 is 0 Å². The van der Waals surface area contributed by atoms with Crippen LogP contribution < -0.4 is 0 Å². The summed E-state index contributed by atoms with van der Waals surface area (Å²) in [6.45, 7) is 2.17. The first kappa shape index (κ1) is 23.4. The normalized spacial score (nSPS) is 13.7. The number of allylic oxidation sites excluding steroid dienone is 1. The number of aliphatic hydroxyl groups excluding tert-OH is 1. The smallest absolute Gasteiger partial charge is 0.303 e. The third-order valence-corrected chi connectivity index (χ3v) is 5.09. The quantitative estimate of drug-likeness (QED) is 0.269. The predicted octanol–water partition coefficient (Wildman–Crippen LogP) is 6.16. The highest BCUT2D eigenvalue weighted by molar-refractivity contribution is 5.67. The molecule has 2 N–H and O–H groups in total. The van der Waals surface area contributed by atoms with E-state index < -0.39 is 5.97 Å². The molecule has 1 aromatic carbocycles. The summed E-state index contributed by atoms with van der Waals surface area (Å²) in [6.07, 6.45) is 15.5. The molecule has 0 spiro atoms. The number of carbonyl (C=O) groups is 1. The summed E-state index contributed by atoms with van der Waals surface area (Å²) >= 11 is 0. The Morgan fingerprint density at radius 2 is 1.74 bits per heavy atom. The monoisotopic (exact) mass is 374 g/mol. The van der Waals surface area contributed by atoms with Crippen molar-refractivity contribution in [1.29, 1.82) is 0 Å². The zero-order valence-corrected chi connectivity index (χ0v) is 17.0. The summed E-state index contributed by atoms with van der Waals surface area (Å²) in [6, 6.07) is 10.3. The van der Waals surface area contributed by atoms with Crippen molar-refractivity contribution in [2.45, 2.75) is 90.1 Å².